The van der Waals surface area contributed by atoms with Crippen LogP contribution in [0.3, 0.4) is 0 Å². The summed E-state index contributed by atoms with van der Waals surface area (Å²) in [4.78, 5) is 29.6. The van der Waals surface area contributed by atoms with Crippen LogP contribution in [0.4, 0.5) is 5.69 Å². The molecule has 1 atom stereocenters. The Morgan fingerprint density at radius 3 is 2.62 bits per heavy atom. The van der Waals surface area contributed by atoms with Crippen molar-refractivity contribution < 1.29 is 19.1 Å². The molecule has 1 heterocycles. The lowest BCUT2D eigenvalue weighted by Gasteiger charge is -2.41. The van der Waals surface area contributed by atoms with Gasteiger partial charge >= 0.3 is 5.97 Å². The van der Waals surface area contributed by atoms with E-state index in [2.05, 4.69) is 11.8 Å². The van der Waals surface area contributed by atoms with E-state index >= 15 is 0 Å². The summed E-state index contributed by atoms with van der Waals surface area (Å²) >= 11 is 13.8. The second-order valence-electron chi connectivity index (χ2n) is 7.42. The lowest BCUT2D eigenvalue weighted by molar-refractivity contribution is -0.141. The van der Waals surface area contributed by atoms with Crippen molar-refractivity contribution in [2.45, 2.75) is 17.9 Å². The fraction of sp³-hybridized carbons (Fsp3) is 0.391. The molecular formula is C23H26Cl2N2O4S. The molecule has 0 radical (unpaired) electrons. The summed E-state index contributed by atoms with van der Waals surface area (Å²) in [6.45, 7) is 4.61. The average molecular weight is 497 g/mol. The predicted octanol–water partition coefficient (Wildman–Crippen LogP) is 4.63. The van der Waals surface area contributed by atoms with Gasteiger partial charge in [-0.25, -0.2) is 0 Å². The van der Waals surface area contributed by atoms with E-state index in [1.807, 2.05) is 29.2 Å². The van der Waals surface area contributed by atoms with Gasteiger partial charge in [-0.15, -0.1) is 11.8 Å². The van der Waals surface area contributed by atoms with E-state index in [0.717, 1.165) is 17.1 Å². The van der Waals surface area contributed by atoms with Crippen LogP contribution in [0, 0.1) is 0 Å². The van der Waals surface area contributed by atoms with Crippen LogP contribution in [-0.2, 0) is 14.3 Å². The highest BCUT2D eigenvalue weighted by molar-refractivity contribution is 8.00. The van der Waals surface area contributed by atoms with Crippen molar-refractivity contribution in [3.63, 3.8) is 0 Å². The van der Waals surface area contributed by atoms with E-state index in [1.54, 1.807) is 25.3 Å². The third kappa shape index (κ3) is 6.54. The second-order valence-corrected chi connectivity index (χ2v) is 9.28. The van der Waals surface area contributed by atoms with Gasteiger partial charge in [0, 0.05) is 54.0 Å². The molecule has 3 rings (SSSR count). The number of amides is 1. The third-order valence-corrected chi connectivity index (χ3v) is 6.84. The fourth-order valence-electron chi connectivity index (χ4n) is 3.53. The van der Waals surface area contributed by atoms with Gasteiger partial charge < -0.3 is 19.3 Å². The number of benzene rings is 2. The van der Waals surface area contributed by atoms with Crippen molar-refractivity contribution in [1.82, 2.24) is 4.90 Å². The quantitative estimate of drug-likeness (QED) is 0.301. The number of thioether (sulfide) groups is 1. The standard InChI is InChI=1S/C23H26Cl2N2O4S/c1-16-14-26(8-9-27(16)19-5-3-4-18(24)13-19)23(29)17-6-7-21(20(25)12-17)32-15-22(28)31-11-10-30-2/h3-7,12-13,16H,8-11,14-15H2,1-2H3. The Balaban J connectivity index is 1.57. The molecule has 0 saturated carbocycles. The minimum Gasteiger partial charge on any atom is -0.463 e. The number of piperazine rings is 1. The summed E-state index contributed by atoms with van der Waals surface area (Å²) < 4.78 is 9.89. The van der Waals surface area contributed by atoms with Gasteiger partial charge in [0.25, 0.3) is 5.91 Å². The Kier molecular flexibility index (Phi) is 9.11. The molecule has 0 bridgehead atoms. The molecular weight excluding hydrogens is 471 g/mol. The maximum Gasteiger partial charge on any atom is 0.316 e. The van der Waals surface area contributed by atoms with Gasteiger partial charge in [-0.2, -0.15) is 0 Å². The molecule has 1 saturated heterocycles. The van der Waals surface area contributed by atoms with E-state index < -0.39 is 0 Å². The second kappa shape index (κ2) is 11.8. The summed E-state index contributed by atoms with van der Waals surface area (Å²) in [7, 11) is 1.55. The number of carbonyl (C=O) groups is 2. The van der Waals surface area contributed by atoms with Crippen LogP contribution >= 0.6 is 35.0 Å². The molecule has 32 heavy (non-hydrogen) atoms. The number of carbonyl (C=O) groups excluding carboxylic acids is 2. The topological polar surface area (TPSA) is 59.1 Å². The molecule has 1 aliphatic heterocycles. The van der Waals surface area contributed by atoms with Crippen molar-refractivity contribution in [3.05, 3.63) is 58.1 Å². The largest absolute Gasteiger partial charge is 0.463 e. The molecule has 0 spiro atoms. The highest BCUT2D eigenvalue weighted by Gasteiger charge is 2.28. The van der Waals surface area contributed by atoms with E-state index in [4.69, 9.17) is 32.7 Å². The Hall–Kier alpha value is -1.93. The van der Waals surface area contributed by atoms with E-state index in [1.165, 1.54) is 11.8 Å². The van der Waals surface area contributed by atoms with Gasteiger partial charge in [-0.1, -0.05) is 29.3 Å². The van der Waals surface area contributed by atoms with Gasteiger partial charge in [-0.3, -0.25) is 9.59 Å². The zero-order valence-corrected chi connectivity index (χ0v) is 20.4. The van der Waals surface area contributed by atoms with E-state index in [-0.39, 0.29) is 30.3 Å². The number of hydrogen-bond acceptors (Lipinski definition) is 6. The monoisotopic (exact) mass is 496 g/mol. The van der Waals surface area contributed by atoms with Crippen LogP contribution in [0.2, 0.25) is 10.0 Å². The Labute approximate surface area is 202 Å². The first kappa shape index (κ1) is 24.7. The molecule has 1 aliphatic rings. The number of hydrogen-bond donors (Lipinski definition) is 0. The average Bonchev–Trinajstić information content (AvgIpc) is 2.77. The number of nitrogens with zero attached hydrogens (tertiary/aromatic N) is 2. The fourth-order valence-corrected chi connectivity index (χ4v) is 4.78. The molecule has 0 aliphatic carbocycles. The molecule has 6 nitrogen and oxygen atoms in total. The van der Waals surface area contributed by atoms with Crippen molar-refractivity contribution in [2.24, 2.45) is 0 Å². The van der Waals surface area contributed by atoms with Crippen LogP contribution in [0.5, 0.6) is 0 Å². The first-order chi connectivity index (χ1) is 15.4. The van der Waals surface area contributed by atoms with Crippen LogP contribution in [0.15, 0.2) is 47.4 Å². The van der Waals surface area contributed by atoms with Crippen molar-refractivity contribution in [1.29, 1.82) is 0 Å². The van der Waals surface area contributed by atoms with Gasteiger partial charge in [0.1, 0.15) is 6.61 Å². The molecule has 172 valence electrons. The van der Waals surface area contributed by atoms with Gasteiger partial charge in [0.2, 0.25) is 0 Å². The molecule has 1 fully saturated rings. The van der Waals surface area contributed by atoms with Crippen molar-refractivity contribution in [2.75, 3.05) is 50.6 Å². The maximum atomic E-state index is 13.1. The smallest absolute Gasteiger partial charge is 0.316 e. The molecule has 2 aromatic rings. The zero-order valence-electron chi connectivity index (χ0n) is 18.1. The lowest BCUT2D eigenvalue weighted by atomic mass is 10.1. The first-order valence-electron chi connectivity index (χ1n) is 10.3. The van der Waals surface area contributed by atoms with Crippen molar-refractivity contribution in [3.8, 4) is 0 Å². The molecule has 2 aromatic carbocycles. The summed E-state index contributed by atoms with van der Waals surface area (Å²) in [5.41, 5.74) is 1.59. The number of esters is 1. The van der Waals surface area contributed by atoms with Gasteiger partial charge in [0.05, 0.1) is 17.4 Å². The summed E-state index contributed by atoms with van der Waals surface area (Å²) in [5, 5.41) is 1.14. The molecule has 1 amide bonds. The lowest BCUT2D eigenvalue weighted by Crippen LogP contribution is -2.53. The summed E-state index contributed by atoms with van der Waals surface area (Å²) in [5.74, 6) is -0.255. The number of methoxy groups -OCH3 is 1. The normalized spacial score (nSPS) is 16.2. The SMILES string of the molecule is COCCOC(=O)CSc1ccc(C(=O)N2CCN(c3cccc(Cl)c3)C(C)C2)cc1Cl. The van der Waals surface area contributed by atoms with Crippen LogP contribution in [0.1, 0.15) is 17.3 Å². The van der Waals surface area contributed by atoms with Gasteiger partial charge in [0.15, 0.2) is 0 Å². The summed E-state index contributed by atoms with van der Waals surface area (Å²) in [6.07, 6.45) is 0. The molecule has 1 unspecified atom stereocenters. The third-order valence-electron chi connectivity index (χ3n) is 5.13. The van der Waals surface area contributed by atoms with Crippen LogP contribution in [0.25, 0.3) is 0 Å². The zero-order chi connectivity index (χ0) is 23.1. The molecule has 0 N–H and O–H groups in total. The van der Waals surface area contributed by atoms with Crippen LogP contribution in [-0.4, -0.2) is 68.5 Å². The Morgan fingerprint density at radius 1 is 1.12 bits per heavy atom. The number of halogens is 2. The summed E-state index contributed by atoms with van der Waals surface area (Å²) in [6, 6.07) is 13.1. The van der Waals surface area contributed by atoms with E-state index in [0.29, 0.717) is 35.3 Å². The van der Waals surface area contributed by atoms with E-state index in [9.17, 15) is 9.59 Å². The Morgan fingerprint density at radius 2 is 1.94 bits per heavy atom. The highest BCUT2D eigenvalue weighted by Crippen LogP contribution is 2.29. The molecule has 0 aromatic heterocycles. The highest BCUT2D eigenvalue weighted by atomic mass is 35.5. The predicted molar refractivity (Wildman–Crippen MR) is 129 cm³/mol. The van der Waals surface area contributed by atoms with Crippen LogP contribution < -0.4 is 4.90 Å². The molecule has 9 heteroatoms. The number of rotatable bonds is 8. The Bertz CT molecular complexity index is 959. The number of ether oxygens (including phenoxy) is 2. The number of anilines is 1. The van der Waals surface area contributed by atoms with Gasteiger partial charge in [-0.05, 0) is 43.3 Å². The first-order valence-corrected chi connectivity index (χ1v) is 12.0. The van der Waals surface area contributed by atoms with Crippen molar-refractivity contribution >= 4 is 52.5 Å². The minimum atomic E-state index is -0.338. The maximum absolute atomic E-state index is 13.1. The minimum absolute atomic E-state index is 0.0555.